The number of hydrogen-bond donors (Lipinski definition) is 0. The summed E-state index contributed by atoms with van der Waals surface area (Å²) in [6.07, 6.45) is 1.97. The lowest BCUT2D eigenvalue weighted by Gasteiger charge is -2.14. The number of ketones is 1. The van der Waals surface area contributed by atoms with E-state index in [1.165, 1.54) is 22.3 Å². The molecule has 2 aromatic rings. The van der Waals surface area contributed by atoms with E-state index in [2.05, 4.69) is 32.9 Å². The van der Waals surface area contributed by atoms with Crippen LogP contribution in [0.15, 0.2) is 30.5 Å². The Kier molecular flexibility index (Phi) is 3.37. The number of benzene rings is 1. The molecule has 2 heteroatoms. The van der Waals surface area contributed by atoms with E-state index in [9.17, 15) is 4.79 Å². The second-order valence-corrected chi connectivity index (χ2v) is 4.95. The van der Waals surface area contributed by atoms with Crippen molar-refractivity contribution in [2.24, 2.45) is 0 Å². The predicted octanol–water partition coefficient (Wildman–Crippen LogP) is 3.66. The third-order valence-electron chi connectivity index (χ3n) is 3.36. The van der Waals surface area contributed by atoms with Crippen LogP contribution in [-0.4, -0.2) is 10.4 Å². The van der Waals surface area contributed by atoms with Gasteiger partial charge in [-0.1, -0.05) is 17.7 Å². The Labute approximate surface area is 108 Å². The molecule has 0 N–H and O–H groups in total. The average molecular weight is 241 g/mol. The summed E-state index contributed by atoms with van der Waals surface area (Å²) in [7, 11) is 0. The summed E-state index contributed by atoms with van der Waals surface area (Å²) in [6, 6.07) is 8.19. The van der Waals surface area contributed by atoms with Gasteiger partial charge in [0.15, 0.2) is 5.78 Å². The molecule has 18 heavy (non-hydrogen) atoms. The Morgan fingerprint density at radius 2 is 1.78 bits per heavy atom. The highest BCUT2D eigenvalue weighted by molar-refractivity contribution is 5.92. The number of carbonyl (C=O) groups is 1. The summed E-state index contributed by atoms with van der Waals surface area (Å²) >= 11 is 0. The number of nitrogens with zero attached hydrogens (tertiary/aromatic N) is 1. The standard InChI is InChI=1S/C16H19NO/c1-11-8-12(2)15(13(3)9-11)10-17-7-5-6-16(17)14(4)18/h5-9H,10H2,1-4H3. The minimum absolute atomic E-state index is 0.113. The van der Waals surface area contributed by atoms with Crippen molar-refractivity contribution in [1.29, 1.82) is 0 Å². The topological polar surface area (TPSA) is 22.0 Å². The fraction of sp³-hybridized carbons (Fsp3) is 0.312. The van der Waals surface area contributed by atoms with E-state index in [1.54, 1.807) is 6.92 Å². The summed E-state index contributed by atoms with van der Waals surface area (Å²) in [6.45, 7) is 8.75. The third-order valence-corrected chi connectivity index (χ3v) is 3.36. The van der Waals surface area contributed by atoms with Crippen molar-refractivity contribution in [3.8, 4) is 0 Å². The van der Waals surface area contributed by atoms with Crippen molar-refractivity contribution in [2.75, 3.05) is 0 Å². The highest BCUT2D eigenvalue weighted by Crippen LogP contribution is 2.18. The van der Waals surface area contributed by atoms with Crippen LogP contribution in [0, 0.1) is 20.8 Å². The molecule has 0 saturated carbocycles. The zero-order valence-corrected chi connectivity index (χ0v) is 11.4. The van der Waals surface area contributed by atoms with E-state index in [1.807, 2.05) is 22.9 Å². The smallest absolute Gasteiger partial charge is 0.176 e. The van der Waals surface area contributed by atoms with E-state index >= 15 is 0 Å². The lowest BCUT2D eigenvalue weighted by atomic mass is 10.00. The Morgan fingerprint density at radius 3 is 2.33 bits per heavy atom. The molecule has 2 rings (SSSR count). The van der Waals surface area contributed by atoms with Crippen molar-refractivity contribution < 1.29 is 4.79 Å². The lowest BCUT2D eigenvalue weighted by molar-refractivity contribution is 0.100. The number of aryl methyl sites for hydroxylation is 3. The third kappa shape index (κ3) is 2.37. The van der Waals surface area contributed by atoms with E-state index in [-0.39, 0.29) is 5.78 Å². The van der Waals surface area contributed by atoms with Gasteiger partial charge in [-0.2, -0.15) is 0 Å². The van der Waals surface area contributed by atoms with E-state index < -0.39 is 0 Å². The van der Waals surface area contributed by atoms with Crippen molar-refractivity contribution >= 4 is 5.78 Å². The molecule has 0 aliphatic carbocycles. The molecule has 94 valence electrons. The fourth-order valence-electron chi connectivity index (χ4n) is 2.50. The summed E-state index contributed by atoms with van der Waals surface area (Å²) in [4.78, 5) is 11.5. The molecule has 1 heterocycles. The molecule has 2 nitrogen and oxygen atoms in total. The van der Waals surface area contributed by atoms with Crippen LogP contribution >= 0.6 is 0 Å². The molecule has 0 spiro atoms. The largest absolute Gasteiger partial charge is 0.341 e. The Bertz CT molecular complexity index is 570. The molecule has 0 saturated heterocycles. The maximum absolute atomic E-state index is 11.5. The molecule has 0 unspecified atom stereocenters. The van der Waals surface area contributed by atoms with Crippen LogP contribution in [-0.2, 0) is 6.54 Å². The maximum Gasteiger partial charge on any atom is 0.176 e. The number of hydrogen-bond acceptors (Lipinski definition) is 1. The molecule has 1 aromatic carbocycles. The van der Waals surface area contributed by atoms with E-state index in [0.717, 1.165) is 12.2 Å². The van der Waals surface area contributed by atoms with Gasteiger partial charge in [0.2, 0.25) is 0 Å². The van der Waals surface area contributed by atoms with Gasteiger partial charge in [0.05, 0.1) is 5.69 Å². The van der Waals surface area contributed by atoms with E-state index in [4.69, 9.17) is 0 Å². The van der Waals surface area contributed by atoms with Gasteiger partial charge < -0.3 is 4.57 Å². The van der Waals surface area contributed by atoms with Gasteiger partial charge in [0.1, 0.15) is 0 Å². The van der Waals surface area contributed by atoms with Crippen molar-refractivity contribution in [2.45, 2.75) is 34.2 Å². The van der Waals surface area contributed by atoms with Gasteiger partial charge in [-0.15, -0.1) is 0 Å². The first-order chi connectivity index (χ1) is 8.49. The zero-order valence-electron chi connectivity index (χ0n) is 11.4. The summed E-state index contributed by atoms with van der Waals surface area (Å²) < 4.78 is 2.02. The van der Waals surface area contributed by atoms with Crippen molar-refractivity contribution in [3.05, 3.63) is 58.4 Å². The Morgan fingerprint density at radius 1 is 1.17 bits per heavy atom. The molecule has 0 aliphatic heterocycles. The summed E-state index contributed by atoms with van der Waals surface area (Å²) in [5.41, 5.74) is 5.94. The summed E-state index contributed by atoms with van der Waals surface area (Å²) in [5, 5.41) is 0. The predicted molar refractivity (Wildman–Crippen MR) is 74.2 cm³/mol. The Balaban J connectivity index is 2.40. The molecule has 0 amide bonds. The molecular weight excluding hydrogens is 222 g/mol. The first kappa shape index (κ1) is 12.6. The number of aromatic nitrogens is 1. The first-order valence-electron chi connectivity index (χ1n) is 6.22. The van der Waals surface area contributed by atoms with E-state index in [0.29, 0.717) is 0 Å². The van der Waals surface area contributed by atoms with Gasteiger partial charge in [-0.25, -0.2) is 0 Å². The van der Waals surface area contributed by atoms with Crippen molar-refractivity contribution in [3.63, 3.8) is 0 Å². The monoisotopic (exact) mass is 241 g/mol. The van der Waals surface area contributed by atoms with Gasteiger partial charge in [0, 0.05) is 19.7 Å². The fourth-order valence-corrected chi connectivity index (χ4v) is 2.50. The van der Waals surface area contributed by atoms with Gasteiger partial charge in [-0.3, -0.25) is 4.79 Å². The van der Waals surface area contributed by atoms with Gasteiger partial charge >= 0.3 is 0 Å². The van der Waals surface area contributed by atoms with Crippen LogP contribution in [0.1, 0.15) is 39.7 Å². The minimum Gasteiger partial charge on any atom is -0.341 e. The van der Waals surface area contributed by atoms with Crippen LogP contribution < -0.4 is 0 Å². The highest BCUT2D eigenvalue weighted by atomic mass is 16.1. The normalized spacial score (nSPS) is 10.7. The van der Waals surface area contributed by atoms with Crippen LogP contribution in [0.4, 0.5) is 0 Å². The van der Waals surface area contributed by atoms with Crippen LogP contribution in [0.2, 0.25) is 0 Å². The minimum atomic E-state index is 0.113. The Hall–Kier alpha value is -1.83. The second-order valence-electron chi connectivity index (χ2n) is 4.95. The number of Topliss-reactive ketones (excluding diaryl/α,β-unsaturated/α-hetero) is 1. The highest BCUT2D eigenvalue weighted by Gasteiger charge is 2.09. The molecular formula is C16H19NO. The van der Waals surface area contributed by atoms with Crippen LogP contribution in [0.3, 0.4) is 0 Å². The quantitative estimate of drug-likeness (QED) is 0.752. The van der Waals surface area contributed by atoms with Crippen LogP contribution in [0.5, 0.6) is 0 Å². The molecule has 0 aliphatic rings. The number of rotatable bonds is 3. The van der Waals surface area contributed by atoms with Gasteiger partial charge in [0.25, 0.3) is 0 Å². The first-order valence-corrected chi connectivity index (χ1v) is 6.22. The van der Waals surface area contributed by atoms with Crippen LogP contribution in [0.25, 0.3) is 0 Å². The van der Waals surface area contributed by atoms with Crippen molar-refractivity contribution in [1.82, 2.24) is 4.57 Å². The summed E-state index contributed by atoms with van der Waals surface area (Å²) in [5.74, 6) is 0.113. The average Bonchev–Trinajstić information content (AvgIpc) is 2.71. The molecule has 1 aromatic heterocycles. The maximum atomic E-state index is 11.5. The SMILES string of the molecule is CC(=O)c1cccn1Cc1c(C)cc(C)cc1C. The van der Waals surface area contributed by atoms with Gasteiger partial charge in [-0.05, 0) is 49.6 Å². The second kappa shape index (κ2) is 4.81. The number of carbonyl (C=O) groups excluding carboxylic acids is 1. The molecule has 0 radical (unpaired) electrons. The molecule has 0 atom stereocenters. The lowest BCUT2D eigenvalue weighted by Crippen LogP contribution is -2.09. The zero-order chi connectivity index (χ0) is 13.3. The molecule has 0 bridgehead atoms. The molecule has 0 fully saturated rings.